The summed E-state index contributed by atoms with van der Waals surface area (Å²) in [6, 6.07) is 8.74. The Hall–Kier alpha value is -1.30. The van der Waals surface area contributed by atoms with Crippen molar-refractivity contribution in [3.05, 3.63) is 53.6 Å². The maximum absolute atomic E-state index is 2.35. The van der Waals surface area contributed by atoms with Gasteiger partial charge in [-0.05, 0) is 30.4 Å². The highest BCUT2D eigenvalue weighted by molar-refractivity contribution is 5.75. The Morgan fingerprint density at radius 2 is 1.86 bits per heavy atom. The molecule has 1 aromatic rings. The molecule has 0 amide bonds. The number of hydrogen-bond acceptors (Lipinski definition) is 0. The van der Waals surface area contributed by atoms with Crippen LogP contribution in [0.1, 0.15) is 24.5 Å². The highest BCUT2D eigenvalue weighted by atomic mass is 14.1. The lowest BCUT2D eigenvalue weighted by Gasteiger charge is -2.12. The summed E-state index contributed by atoms with van der Waals surface area (Å²) < 4.78 is 0. The molecule has 0 nitrogen and oxygen atoms in total. The van der Waals surface area contributed by atoms with Gasteiger partial charge < -0.3 is 0 Å². The first-order valence-electron chi connectivity index (χ1n) is 5.21. The maximum atomic E-state index is 2.35. The number of allylic oxidation sites excluding steroid dienone is 4. The second kappa shape index (κ2) is 3.83. The fourth-order valence-corrected chi connectivity index (χ4v) is 1.78. The highest BCUT2D eigenvalue weighted by Gasteiger charge is 2.05. The molecule has 0 bridgehead atoms. The molecule has 0 saturated heterocycles. The van der Waals surface area contributed by atoms with Crippen molar-refractivity contribution >= 4 is 5.57 Å². The minimum Gasteiger partial charge on any atom is -0.0834 e. The van der Waals surface area contributed by atoms with Crippen LogP contribution in [0.5, 0.6) is 0 Å². The van der Waals surface area contributed by atoms with E-state index in [1.54, 1.807) is 0 Å². The lowest BCUT2D eigenvalue weighted by Crippen LogP contribution is -1.94. The van der Waals surface area contributed by atoms with Gasteiger partial charge in [0.2, 0.25) is 0 Å². The molecule has 14 heavy (non-hydrogen) atoms. The number of rotatable bonds is 1. The average molecular weight is 184 g/mol. The van der Waals surface area contributed by atoms with Crippen molar-refractivity contribution in [2.45, 2.75) is 20.3 Å². The van der Waals surface area contributed by atoms with E-state index in [2.05, 4.69) is 56.3 Å². The fraction of sp³-hybridized carbons (Fsp3) is 0.286. The number of aryl methyl sites for hydroxylation is 1. The third kappa shape index (κ3) is 1.95. The van der Waals surface area contributed by atoms with E-state index >= 15 is 0 Å². The highest BCUT2D eigenvalue weighted by Crippen LogP contribution is 2.24. The molecule has 0 heteroatoms. The van der Waals surface area contributed by atoms with Crippen LogP contribution in [-0.4, -0.2) is 0 Å². The normalized spacial score (nSPS) is 20.7. The topological polar surface area (TPSA) is 0 Å². The summed E-state index contributed by atoms with van der Waals surface area (Å²) in [5, 5.41) is 0. The van der Waals surface area contributed by atoms with Crippen molar-refractivity contribution < 1.29 is 0 Å². The molecule has 1 aromatic carbocycles. The van der Waals surface area contributed by atoms with Crippen LogP contribution in [0.25, 0.3) is 5.57 Å². The van der Waals surface area contributed by atoms with Crippen LogP contribution < -0.4 is 0 Å². The minimum absolute atomic E-state index is 0.677. The second-order valence-electron chi connectivity index (χ2n) is 4.10. The van der Waals surface area contributed by atoms with Crippen molar-refractivity contribution in [3.63, 3.8) is 0 Å². The smallest absolute Gasteiger partial charge is 0.0187 e. The van der Waals surface area contributed by atoms with E-state index in [1.807, 2.05) is 0 Å². The molecule has 0 spiro atoms. The molecular weight excluding hydrogens is 168 g/mol. The maximum Gasteiger partial charge on any atom is -0.0187 e. The summed E-state index contributed by atoms with van der Waals surface area (Å²) >= 11 is 0. The first-order valence-corrected chi connectivity index (χ1v) is 5.21. The van der Waals surface area contributed by atoms with Gasteiger partial charge >= 0.3 is 0 Å². The van der Waals surface area contributed by atoms with Crippen LogP contribution in [0.2, 0.25) is 0 Å². The molecule has 0 heterocycles. The van der Waals surface area contributed by atoms with E-state index in [1.165, 1.54) is 23.1 Å². The van der Waals surface area contributed by atoms with Crippen LogP contribution >= 0.6 is 0 Å². The van der Waals surface area contributed by atoms with Crippen molar-refractivity contribution in [1.29, 1.82) is 0 Å². The van der Waals surface area contributed by atoms with Gasteiger partial charge in [-0.15, -0.1) is 0 Å². The molecule has 0 N–H and O–H groups in total. The number of hydrogen-bond donors (Lipinski definition) is 0. The Bertz CT molecular complexity index is 366. The third-order valence-electron chi connectivity index (χ3n) is 2.65. The number of benzene rings is 1. The summed E-state index contributed by atoms with van der Waals surface area (Å²) in [5.74, 6) is 0.677. The van der Waals surface area contributed by atoms with Crippen LogP contribution in [0.15, 0.2) is 42.5 Å². The summed E-state index contributed by atoms with van der Waals surface area (Å²) in [6.07, 6.45) is 8.02. The Labute approximate surface area is 86.0 Å². The fourth-order valence-electron chi connectivity index (χ4n) is 1.78. The van der Waals surface area contributed by atoms with E-state index in [0.717, 1.165) is 0 Å². The van der Waals surface area contributed by atoms with Crippen LogP contribution in [0.4, 0.5) is 0 Å². The monoisotopic (exact) mass is 184 g/mol. The Balaban J connectivity index is 2.31. The molecule has 0 saturated carbocycles. The SMILES string of the molecule is Cc1ccc(C2=C[C@@H](C)CC=C2)cc1. The summed E-state index contributed by atoms with van der Waals surface area (Å²) in [4.78, 5) is 0. The molecular formula is C14H16. The van der Waals surface area contributed by atoms with E-state index in [4.69, 9.17) is 0 Å². The van der Waals surface area contributed by atoms with Crippen molar-refractivity contribution in [3.8, 4) is 0 Å². The molecule has 0 unspecified atom stereocenters. The Morgan fingerprint density at radius 3 is 2.50 bits per heavy atom. The van der Waals surface area contributed by atoms with E-state index < -0.39 is 0 Å². The summed E-state index contributed by atoms with van der Waals surface area (Å²) in [7, 11) is 0. The van der Waals surface area contributed by atoms with Gasteiger partial charge in [-0.2, -0.15) is 0 Å². The predicted octanol–water partition coefficient (Wildman–Crippen LogP) is 3.97. The van der Waals surface area contributed by atoms with Crippen LogP contribution in [0.3, 0.4) is 0 Å². The zero-order chi connectivity index (χ0) is 9.97. The van der Waals surface area contributed by atoms with E-state index in [0.29, 0.717) is 5.92 Å². The zero-order valence-corrected chi connectivity index (χ0v) is 8.83. The second-order valence-corrected chi connectivity index (χ2v) is 4.10. The lowest BCUT2D eigenvalue weighted by molar-refractivity contribution is 0.740. The molecule has 2 rings (SSSR count). The van der Waals surface area contributed by atoms with Gasteiger partial charge in [-0.1, -0.05) is 55.0 Å². The molecule has 0 fully saturated rings. The lowest BCUT2D eigenvalue weighted by atomic mass is 9.93. The van der Waals surface area contributed by atoms with Crippen molar-refractivity contribution in [1.82, 2.24) is 0 Å². The van der Waals surface area contributed by atoms with Gasteiger partial charge in [0.05, 0.1) is 0 Å². The molecule has 1 aliphatic rings. The average Bonchev–Trinajstić information content (AvgIpc) is 2.19. The van der Waals surface area contributed by atoms with Gasteiger partial charge in [-0.25, -0.2) is 0 Å². The van der Waals surface area contributed by atoms with Gasteiger partial charge in [0.25, 0.3) is 0 Å². The molecule has 72 valence electrons. The Kier molecular flexibility index (Phi) is 2.53. The standard InChI is InChI=1S/C14H16/c1-11-6-8-13(9-7-11)14-5-3-4-12(2)10-14/h3,5-10,12H,4H2,1-2H3/t12-/m0/s1. The van der Waals surface area contributed by atoms with Gasteiger partial charge in [0, 0.05) is 0 Å². The van der Waals surface area contributed by atoms with Crippen molar-refractivity contribution in [2.75, 3.05) is 0 Å². The van der Waals surface area contributed by atoms with E-state index in [9.17, 15) is 0 Å². The van der Waals surface area contributed by atoms with Crippen LogP contribution in [-0.2, 0) is 0 Å². The molecule has 0 radical (unpaired) electrons. The first kappa shape index (κ1) is 9.26. The molecule has 0 aliphatic heterocycles. The molecule has 1 atom stereocenters. The molecule has 0 aromatic heterocycles. The summed E-state index contributed by atoms with van der Waals surface area (Å²) in [5.41, 5.74) is 4.02. The molecule has 1 aliphatic carbocycles. The van der Waals surface area contributed by atoms with Gasteiger partial charge in [0.15, 0.2) is 0 Å². The van der Waals surface area contributed by atoms with Gasteiger partial charge in [-0.3, -0.25) is 0 Å². The zero-order valence-electron chi connectivity index (χ0n) is 8.83. The Morgan fingerprint density at radius 1 is 1.14 bits per heavy atom. The minimum atomic E-state index is 0.677. The quantitative estimate of drug-likeness (QED) is 0.619. The van der Waals surface area contributed by atoms with Crippen LogP contribution in [0, 0.1) is 12.8 Å². The van der Waals surface area contributed by atoms with E-state index in [-0.39, 0.29) is 0 Å². The van der Waals surface area contributed by atoms with Crippen molar-refractivity contribution in [2.24, 2.45) is 5.92 Å². The first-order chi connectivity index (χ1) is 6.75. The predicted molar refractivity (Wildman–Crippen MR) is 62.1 cm³/mol. The third-order valence-corrected chi connectivity index (χ3v) is 2.65. The van der Waals surface area contributed by atoms with Gasteiger partial charge in [0.1, 0.15) is 0 Å². The summed E-state index contributed by atoms with van der Waals surface area (Å²) in [6.45, 7) is 4.38. The largest absolute Gasteiger partial charge is 0.0834 e.